The lowest BCUT2D eigenvalue weighted by Gasteiger charge is -2.31. The normalized spacial score (nSPS) is 14.8. The van der Waals surface area contributed by atoms with Gasteiger partial charge in [0.1, 0.15) is 5.82 Å². The minimum Gasteiger partial charge on any atom is -0.379 e. The predicted octanol–water partition coefficient (Wildman–Crippen LogP) is 3.25. The Balaban J connectivity index is 0.875. The van der Waals surface area contributed by atoms with Gasteiger partial charge in [-0.15, -0.1) is 0 Å². The van der Waals surface area contributed by atoms with Gasteiger partial charge >= 0.3 is 0 Å². The van der Waals surface area contributed by atoms with Gasteiger partial charge in [-0.1, -0.05) is 42.5 Å². The third kappa shape index (κ3) is 13.3. The number of piperidine rings is 1. The maximum atomic E-state index is 13.0. The number of aromatic nitrogens is 2. The number of benzene rings is 2. The molecule has 2 aromatic carbocycles. The van der Waals surface area contributed by atoms with Crippen LogP contribution in [0.3, 0.4) is 0 Å². The zero-order valence-corrected chi connectivity index (χ0v) is 32.1. The second-order valence-corrected chi connectivity index (χ2v) is 15.4. The van der Waals surface area contributed by atoms with Crippen molar-refractivity contribution in [2.24, 2.45) is 0 Å². The number of hydrogen-bond acceptors (Lipinski definition) is 12. The van der Waals surface area contributed by atoms with Crippen LogP contribution in [0.25, 0.3) is 0 Å². The largest absolute Gasteiger partial charge is 0.379 e. The lowest BCUT2D eigenvalue weighted by atomic mass is 10.1. The maximum absolute atomic E-state index is 13.0. The van der Waals surface area contributed by atoms with Gasteiger partial charge in [0.2, 0.25) is 21.9 Å². The molecular weight excluding hydrogens is 770 g/mol. The molecule has 1 aromatic heterocycles. The standard InChI is InChI=1S/C36H48BrN7O8S/c37-30-26-40-36(43-34(30)42-31-8-4-7-28-25-39-35(46)33(28)31)41-29-9-14-44(15-10-29)53(47,48)24-13-38-32(45)12-17-50-19-21-52-23-22-51-20-18-49-16-11-27-5-2-1-3-6-27/h1-8,26,29H,9-25H2,(H,38,45)(H,39,46)(H2,40,41,42,43). The fourth-order valence-electron chi connectivity index (χ4n) is 5.79. The van der Waals surface area contributed by atoms with E-state index in [4.69, 9.17) is 18.9 Å². The molecule has 0 unspecified atom stereocenters. The highest BCUT2D eigenvalue weighted by molar-refractivity contribution is 9.10. The van der Waals surface area contributed by atoms with E-state index in [1.54, 1.807) is 6.20 Å². The molecule has 17 heteroatoms. The summed E-state index contributed by atoms with van der Waals surface area (Å²) in [6, 6.07) is 15.8. The summed E-state index contributed by atoms with van der Waals surface area (Å²) >= 11 is 3.48. The maximum Gasteiger partial charge on any atom is 0.254 e. The van der Waals surface area contributed by atoms with Crippen molar-refractivity contribution < 1.29 is 37.0 Å². The molecule has 0 saturated carbocycles. The Morgan fingerprint density at radius 3 is 2.30 bits per heavy atom. The lowest BCUT2D eigenvalue weighted by Crippen LogP contribution is -2.45. The molecule has 2 aliphatic rings. The molecule has 0 radical (unpaired) electrons. The molecule has 4 N–H and O–H groups in total. The Kier molecular flexibility index (Phi) is 16.2. The highest BCUT2D eigenvalue weighted by Crippen LogP contribution is 2.30. The summed E-state index contributed by atoms with van der Waals surface area (Å²) in [7, 11) is -3.55. The Morgan fingerprint density at radius 1 is 0.906 bits per heavy atom. The molecule has 5 rings (SSSR count). The topological polar surface area (TPSA) is 182 Å². The average molecular weight is 819 g/mol. The van der Waals surface area contributed by atoms with Gasteiger partial charge in [0.25, 0.3) is 5.91 Å². The summed E-state index contributed by atoms with van der Waals surface area (Å²) in [6.07, 6.45) is 3.77. The highest BCUT2D eigenvalue weighted by Gasteiger charge is 2.28. The smallest absolute Gasteiger partial charge is 0.254 e. The first kappa shape index (κ1) is 40.5. The number of rotatable bonds is 23. The zero-order chi connectivity index (χ0) is 37.3. The molecule has 1 saturated heterocycles. The van der Waals surface area contributed by atoms with Crippen LogP contribution in [0.15, 0.2) is 59.2 Å². The monoisotopic (exact) mass is 817 g/mol. The van der Waals surface area contributed by atoms with Gasteiger partial charge in [-0.05, 0) is 52.4 Å². The molecule has 3 aromatic rings. The van der Waals surface area contributed by atoms with Crippen molar-refractivity contribution in [3.8, 4) is 0 Å². The van der Waals surface area contributed by atoms with Crippen LogP contribution >= 0.6 is 15.9 Å². The molecular formula is C36H48BrN7O8S. The van der Waals surface area contributed by atoms with Crippen LogP contribution in [0.5, 0.6) is 0 Å². The third-order valence-corrected chi connectivity index (χ3v) is 11.1. The van der Waals surface area contributed by atoms with E-state index in [9.17, 15) is 18.0 Å². The number of anilines is 3. The minimum atomic E-state index is -3.55. The number of amides is 2. The summed E-state index contributed by atoms with van der Waals surface area (Å²) in [5.74, 6) is 0.309. The molecule has 0 atom stereocenters. The van der Waals surface area contributed by atoms with E-state index < -0.39 is 10.0 Å². The SMILES string of the molecule is O=C(CCOCCOCCOCCOCCc1ccccc1)NCCS(=O)(=O)N1CCC(Nc2ncc(Br)c(Nc3cccc4c3C(=O)NC4)n2)CC1. The number of halogens is 1. The van der Waals surface area contributed by atoms with Crippen molar-refractivity contribution in [3.05, 3.63) is 75.9 Å². The molecule has 0 spiro atoms. The van der Waals surface area contributed by atoms with Crippen LogP contribution in [0.4, 0.5) is 17.5 Å². The van der Waals surface area contributed by atoms with Crippen LogP contribution < -0.4 is 21.3 Å². The van der Waals surface area contributed by atoms with E-state index in [-0.39, 0.29) is 43.2 Å². The molecule has 3 heterocycles. The first-order chi connectivity index (χ1) is 25.8. The number of sulfonamides is 1. The Bertz CT molecular complexity index is 1730. The number of carbonyl (C=O) groups is 2. The lowest BCUT2D eigenvalue weighted by molar-refractivity contribution is -0.122. The number of carbonyl (C=O) groups excluding carboxylic acids is 2. The van der Waals surface area contributed by atoms with Crippen molar-refractivity contribution in [1.29, 1.82) is 0 Å². The van der Waals surface area contributed by atoms with Gasteiger partial charge in [-0.25, -0.2) is 17.7 Å². The minimum absolute atomic E-state index is 0.0231. The molecule has 1 fully saturated rings. The molecule has 0 aliphatic carbocycles. The molecule has 0 bridgehead atoms. The van der Waals surface area contributed by atoms with Gasteiger partial charge in [-0.2, -0.15) is 4.98 Å². The van der Waals surface area contributed by atoms with Gasteiger partial charge in [0.05, 0.1) is 74.3 Å². The predicted molar refractivity (Wildman–Crippen MR) is 204 cm³/mol. The molecule has 2 aliphatic heterocycles. The summed E-state index contributed by atoms with van der Waals surface area (Å²) < 4.78 is 50.0. The molecule has 53 heavy (non-hydrogen) atoms. The quantitative estimate of drug-likeness (QED) is 0.103. The first-order valence-electron chi connectivity index (χ1n) is 17.8. The van der Waals surface area contributed by atoms with E-state index in [1.165, 1.54) is 9.87 Å². The van der Waals surface area contributed by atoms with Crippen molar-refractivity contribution >= 4 is 55.2 Å². The van der Waals surface area contributed by atoms with Gasteiger partial charge in [0, 0.05) is 44.8 Å². The van der Waals surface area contributed by atoms with Crippen LogP contribution in [-0.2, 0) is 46.7 Å². The summed E-state index contributed by atoms with van der Waals surface area (Å²) in [4.78, 5) is 33.5. The van der Waals surface area contributed by atoms with Crippen molar-refractivity contribution in [2.45, 2.75) is 38.3 Å². The number of nitrogens with zero attached hydrogens (tertiary/aromatic N) is 3. The summed E-state index contributed by atoms with van der Waals surface area (Å²) in [5.41, 5.74) is 3.41. The van der Waals surface area contributed by atoms with Crippen molar-refractivity contribution in [1.82, 2.24) is 24.9 Å². The second-order valence-electron chi connectivity index (χ2n) is 12.5. The van der Waals surface area contributed by atoms with Crippen molar-refractivity contribution in [3.63, 3.8) is 0 Å². The van der Waals surface area contributed by atoms with Gasteiger partial charge in [0.15, 0.2) is 0 Å². The highest BCUT2D eigenvalue weighted by atomic mass is 79.9. The van der Waals surface area contributed by atoms with E-state index >= 15 is 0 Å². The van der Waals surface area contributed by atoms with Crippen LogP contribution in [0.2, 0.25) is 0 Å². The van der Waals surface area contributed by atoms with Gasteiger partial charge in [-0.3, -0.25) is 9.59 Å². The third-order valence-electron chi connectivity index (χ3n) is 8.64. The Hall–Kier alpha value is -3.71. The summed E-state index contributed by atoms with van der Waals surface area (Å²) in [6.45, 7) is 4.73. The van der Waals surface area contributed by atoms with E-state index in [0.29, 0.717) is 106 Å². The number of hydrogen-bond donors (Lipinski definition) is 4. The first-order valence-corrected chi connectivity index (χ1v) is 20.2. The van der Waals surface area contributed by atoms with Crippen LogP contribution in [-0.4, -0.2) is 119 Å². The Morgan fingerprint density at radius 2 is 1.58 bits per heavy atom. The average Bonchev–Trinajstić information content (AvgIpc) is 3.55. The van der Waals surface area contributed by atoms with Crippen LogP contribution in [0.1, 0.15) is 40.7 Å². The molecule has 288 valence electrons. The van der Waals surface area contributed by atoms with Crippen LogP contribution in [0, 0.1) is 0 Å². The molecule has 15 nitrogen and oxygen atoms in total. The zero-order valence-electron chi connectivity index (χ0n) is 29.7. The number of ether oxygens (including phenoxy) is 4. The number of nitrogens with one attached hydrogen (secondary N) is 4. The fourth-order valence-corrected chi connectivity index (χ4v) is 7.47. The molecule has 2 amide bonds. The van der Waals surface area contributed by atoms with Gasteiger partial charge < -0.3 is 40.2 Å². The second kappa shape index (κ2) is 21.2. The van der Waals surface area contributed by atoms with E-state index in [0.717, 1.165) is 12.0 Å². The van der Waals surface area contributed by atoms with E-state index in [2.05, 4.69) is 59.3 Å². The summed E-state index contributed by atoms with van der Waals surface area (Å²) in [5, 5.41) is 12.0. The fraction of sp³-hybridized carbons (Fsp3) is 0.500. The van der Waals surface area contributed by atoms with Crippen molar-refractivity contribution in [2.75, 3.05) is 88.9 Å². The van der Waals surface area contributed by atoms with E-state index in [1.807, 2.05) is 36.4 Å². The number of fused-ring (bicyclic) bond motifs is 1. The Labute approximate surface area is 319 Å².